The molecule has 0 unspecified atom stereocenters. The third-order valence-electron chi connectivity index (χ3n) is 5.90. The fraction of sp³-hybridized carbons (Fsp3) is 0.417. The first-order chi connectivity index (χ1) is 15.2. The number of rotatable bonds is 9. The van der Waals surface area contributed by atoms with Gasteiger partial charge in [-0.05, 0) is 48.4 Å². The third kappa shape index (κ3) is 5.49. The van der Waals surface area contributed by atoms with E-state index in [1.807, 2.05) is 18.7 Å². The van der Waals surface area contributed by atoms with E-state index in [2.05, 4.69) is 12.1 Å². The van der Waals surface area contributed by atoms with Crippen LogP contribution in [0.4, 0.5) is 4.39 Å². The maximum absolute atomic E-state index is 13.3. The van der Waals surface area contributed by atoms with Crippen molar-refractivity contribution in [2.75, 3.05) is 26.2 Å². The zero-order valence-corrected chi connectivity index (χ0v) is 18.8. The Kier molecular flexibility index (Phi) is 6.91. The van der Waals surface area contributed by atoms with E-state index < -0.39 is 0 Å². The van der Waals surface area contributed by atoms with Gasteiger partial charge in [0.05, 0.1) is 13.2 Å². The Hall–Kier alpha value is -3.29. The third-order valence-corrected chi connectivity index (χ3v) is 5.90. The lowest BCUT2D eigenvalue weighted by atomic mass is 9.82. The molecule has 0 spiro atoms. The van der Waals surface area contributed by atoms with E-state index in [0.29, 0.717) is 37.6 Å². The van der Waals surface area contributed by atoms with Gasteiger partial charge in [0.15, 0.2) is 0 Å². The smallest absolute Gasteiger partial charge is 0.253 e. The molecule has 2 aromatic carbocycles. The number of hydrogen-bond acceptors (Lipinski definition) is 5. The summed E-state index contributed by atoms with van der Waals surface area (Å²) in [7, 11) is 0. The van der Waals surface area contributed by atoms with E-state index in [1.54, 1.807) is 36.4 Å². The van der Waals surface area contributed by atoms with Gasteiger partial charge < -0.3 is 9.64 Å². The summed E-state index contributed by atoms with van der Waals surface area (Å²) in [4.78, 5) is 14.9. The molecule has 170 valence electrons. The molecule has 1 saturated heterocycles. The number of likely N-dealkylation sites (tertiary alicyclic amines) is 1. The topological polar surface area (TPSA) is 92.8 Å². The van der Waals surface area contributed by atoms with Crippen LogP contribution in [0.1, 0.15) is 43.1 Å². The number of hydrogen-bond donors (Lipinski definition) is 2. The highest BCUT2D eigenvalue weighted by Crippen LogP contribution is 2.35. The first kappa shape index (κ1) is 23.4. The maximum atomic E-state index is 13.3. The molecule has 3 rings (SSSR count). The zero-order chi connectivity index (χ0) is 23.4. The predicted molar refractivity (Wildman–Crippen MR) is 121 cm³/mol. The van der Waals surface area contributed by atoms with Gasteiger partial charge in [-0.3, -0.25) is 10.2 Å². The van der Waals surface area contributed by atoms with Gasteiger partial charge in [0.1, 0.15) is 17.9 Å². The molecule has 0 bridgehead atoms. The zero-order valence-electron chi connectivity index (χ0n) is 18.8. The van der Waals surface area contributed by atoms with Gasteiger partial charge in [0.25, 0.3) is 5.91 Å². The normalized spacial score (nSPS) is 18.3. The van der Waals surface area contributed by atoms with Crippen molar-refractivity contribution in [3.05, 3.63) is 65.5 Å². The van der Waals surface area contributed by atoms with Crippen LogP contribution in [0.2, 0.25) is 0 Å². The number of ether oxygens (including phenoxy) is 1. The number of carbonyl (C=O) groups is 1. The second-order valence-electron chi connectivity index (χ2n) is 9.35. The summed E-state index contributed by atoms with van der Waals surface area (Å²) in [6.45, 7) is 8.06. The van der Waals surface area contributed by atoms with E-state index in [-0.39, 0.29) is 22.6 Å². The highest BCUT2D eigenvalue weighted by molar-refractivity contribution is 5.94. The summed E-state index contributed by atoms with van der Waals surface area (Å²) >= 11 is 0. The molecule has 1 heterocycles. The molecule has 0 saturated carbocycles. The number of halogens is 1. The minimum atomic E-state index is -0.322. The molecule has 2 N–H and O–H groups in total. The average Bonchev–Trinajstić information content (AvgIpc) is 3.19. The van der Waals surface area contributed by atoms with Crippen LogP contribution in [-0.4, -0.2) is 48.4 Å². The largest absolute Gasteiger partial charge is 0.493 e. The van der Waals surface area contributed by atoms with Crippen molar-refractivity contribution in [3.8, 4) is 5.75 Å². The minimum Gasteiger partial charge on any atom is -0.493 e. The van der Waals surface area contributed by atoms with Crippen LogP contribution in [0.3, 0.4) is 0 Å². The predicted octanol–water partition coefficient (Wildman–Crippen LogP) is 4.89. The minimum absolute atomic E-state index is 0.0265. The van der Waals surface area contributed by atoms with Gasteiger partial charge in [-0.25, -0.2) is 9.40 Å². The summed E-state index contributed by atoms with van der Waals surface area (Å²) in [6.07, 6.45) is 1.84. The number of nitrogens with one attached hydrogen (secondary N) is 2. The molecule has 1 aliphatic rings. The van der Waals surface area contributed by atoms with E-state index in [1.165, 1.54) is 17.1 Å². The molecule has 2 aromatic rings. The van der Waals surface area contributed by atoms with Gasteiger partial charge in [0, 0.05) is 29.5 Å². The molecule has 8 heteroatoms. The molecule has 0 radical (unpaired) electrons. The van der Waals surface area contributed by atoms with Crippen LogP contribution in [-0.2, 0) is 5.41 Å². The van der Waals surface area contributed by atoms with Crippen LogP contribution in [0, 0.1) is 22.2 Å². The number of amides is 1. The molecule has 32 heavy (non-hydrogen) atoms. The monoisotopic (exact) mass is 439 g/mol. The van der Waals surface area contributed by atoms with E-state index in [9.17, 15) is 9.18 Å². The van der Waals surface area contributed by atoms with Crippen molar-refractivity contribution in [1.82, 2.24) is 9.91 Å². The molecular formula is C24H30FN5O2. The van der Waals surface area contributed by atoms with Crippen molar-refractivity contribution in [1.29, 1.82) is 10.9 Å². The molecule has 7 nitrogen and oxygen atoms in total. The van der Waals surface area contributed by atoms with Crippen molar-refractivity contribution in [3.63, 3.8) is 0 Å². The van der Waals surface area contributed by atoms with Gasteiger partial charge in [0.2, 0.25) is 0 Å². The highest BCUT2D eigenvalue weighted by Gasteiger charge is 2.37. The first-order valence-corrected chi connectivity index (χ1v) is 10.6. The SMILES string of the molecule is CC(C)(COc1ccc(C(=O)N2CC[C@](C)(c3ccc(F)cc3)C2)cc1)CN(C=N)N=N. The molecule has 1 fully saturated rings. The van der Waals surface area contributed by atoms with Crippen LogP contribution in [0.25, 0.3) is 0 Å². The Bertz CT molecular complexity index is 953. The Balaban J connectivity index is 1.59. The van der Waals surface area contributed by atoms with E-state index in [0.717, 1.165) is 18.3 Å². The van der Waals surface area contributed by atoms with Gasteiger partial charge >= 0.3 is 0 Å². The second kappa shape index (κ2) is 9.46. The molecule has 1 aliphatic heterocycles. The lowest BCUT2D eigenvalue weighted by Crippen LogP contribution is -2.34. The molecule has 0 aliphatic carbocycles. The Morgan fingerprint density at radius 2 is 1.91 bits per heavy atom. The number of benzene rings is 2. The first-order valence-electron chi connectivity index (χ1n) is 10.6. The van der Waals surface area contributed by atoms with Gasteiger partial charge in [-0.2, -0.15) is 5.53 Å². The molecule has 1 atom stereocenters. The van der Waals surface area contributed by atoms with Crippen LogP contribution < -0.4 is 4.74 Å². The standard InChI is InChI=1S/C24H30FN5O2/c1-23(2,14-30(17-26)28-27)16-32-21-10-4-18(5-11-21)22(31)29-13-12-24(3,15-29)19-6-8-20(25)9-7-19/h4-11,17,26-27H,12-16H2,1-3H3/t24-/m0/s1. The van der Waals surface area contributed by atoms with E-state index in [4.69, 9.17) is 15.7 Å². The fourth-order valence-corrected chi connectivity index (χ4v) is 3.97. The highest BCUT2D eigenvalue weighted by atomic mass is 19.1. The lowest BCUT2D eigenvalue weighted by molar-refractivity contribution is 0.0784. The van der Waals surface area contributed by atoms with Crippen molar-refractivity contribution in [2.24, 2.45) is 10.6 Å². The summed E-state index contributed by atoms with van der Waals surface area (Å²) in [6, 6.07) is 13.6. The maximum Gasteiger partial charge on any atom is 0.253 e. The van der Waals surface area contributed by atoms with Gasteiger partial charge in [-0.1, -0.05) is 38.1 Å². The Morgan fingerprint density at radius 1 is 1.25 bits per heavy atom. The summed E-state index contributed by atoms with van der Waals surface area (Å²) in [5.74, 6) is 0.366. The number of carbonyl (C=O) groups excluding carboxylic acids is 1. The van der Waals surface area contributed by atoms with E-state index >= 15 is 0 Å². The second-order valence-corrected chi connectivity index (χ2v) is 9.35. The molecule has 0 aromatic heterocycles. The summed E-state index contributed by atoms with van der Waals surface area (Å²) in [5, 5.41) is 11.8. The quantitative estimate of drug-likeness (QED) is 0.252. The molecular weight excluding hydrogens is 409 g/mol. The Morgan fingerprint density at radius 3 is 2.50 bits per heavy atom. The Labute approximate surface area is 188 Å². The average molecular weight is 440 g/mol. The lowest BCUT2D eigenvalue weighted by Gasteiger charge is -2.27. The van der Waals surface area contributed by atoms with Crippen LogP contribution in [0.15, 0.2) is 53.8 Å². The van der Waals surface area contributed by atoms with Gasteiger partial charge in [-0.15, -0.1) is 0 Å². The number of nitrogens with zero attached hydrogens (tertiary/aromatic N) is 3. The van der Waals surface area contributed by atoms with Crippen LogP contribution >= 0.6 is 0 Å². The fourth-order valence-electron chi connectivity index (χ4n) is 3.97. The van der Waals surface area contributed by atoms with Crippen molar-refractivity contribution >= 4 is 12.2 Å². The summed E-state index contributed by atoms with van der Waals surface area (Å²) in [5.41, 5.74) is 8.19. The summed E-state index contributed by atoms with van der Waals surface area (Å²) < 4.78 is 19.1. The van der Waals surface area contributed by atoms with Crippen molar-refractivity contribution in [2.45, 2.75) is 32.6 Å². The van der Waals surface area contributed by atoms with Crippen LogP contribution in [0.5, 0.6) is 5.75 Å². The van der Waals surface area contributed by atoms with Crippen molar-refractivity contribution < 1.29 is 13.9 Å². The molecule has 1 amide bonds.